The largest absolute Gasteiger partial charge is 0.434 e. The number of halogens is 1. The highest BCUT2D eigenvalue weighted by molar-refractivity contribution is 9.10. The molecule has 5 nitrogen and oxygen atoms in total. The maximum atomic E-state index is 11.5. The minimum Gasteiger partial charge on any atom is -0.434 e. The van der Waals surface area contributed by atoms with Crippen molar-refractivity contribution in [3.8, 4) is 0 Å². The van der Waals surface area contributed by atoms with Crippen LogP contribution in [0.5, 0.6) is 0 Å². The summed E-state index contributed by atoms with van der Waals surface area (Å²) >= 11 is 3.15. The number of amides is 2. The predicted molar refractivity (Wildman–Crippen MR) is 66.5 cm³/mol. The van der Waals surface area contributed by atoms with Crippen molar-refractivity contribution in [1.29, 1.82) is 0 Å². The predicted octanol–water partition coefficient (Wildman–Crippen LogP) is 2.76. The highest BCUT2D eigenvalue weighted by atomic mass is 79.9. The van der Waals surface area contributed by atoms with E-state index in [0.717, 1.165) is 5.69 Å². The summed E-state index contributed by atoms with van der Waals surface area (Å²) in [7, 11) is 0. The molecule has 88 valence electrons. The Morgan fingerprint density at radius 1 is 1.35 bits per heavy atom. The Hall–Kier alpha value is -1.82. The van der Waals surface area contributed by atoms with Gasteiger partial charge in [0.1, 0.15) is 0 Å². The van der Waals surface area contributed by atoms with E-state index < -0.39 is 0 Å². The maximum absolute atomic E-state index is 11.5. The van der Waals surface area contributed by atoms with Crippen LogP contribution in [0.25, 0.3) is 0 Å². The average molecular weight is 296 g/mol. The molecule has 6 heteroatoms. The van der Waals surface area contributed by atoms with Crippen molar-refractivity contribution in [1.82, 2.24) is 10.3 Å². The summed E-state index contributed by atoms with van der Waals surface area (Å²) < 4.78 is 5.70. The number of rotatable bonds is 3. The van der Waals surface area contributed by atoms with E-state index in [2.05, 4.69) is 31.5 Å². The van der Waals surface area contributed by atoms with Gasteiger partial charge in [0.25, 0.3) is 0 Å². The number of hydrogen-bond acceptors (Lipinski definition) is 3. The lowest BCUT2D eigenvalue weighted by molar-refractivity contribution is 0.251. The van der Waals surface area contributed by atoms with Gasteiger partial charge in [-0.05, 0) is 34.1 Å². The fourth-order valence-electron chi connectivity index (χ4n) is 1.21. The van der Waals surface area contributed by atoms with Crippen LogP contribution in [-0.4, -0.2) is 11.0 Å². The van der Waals surface area contributed by atoms with Gasteiger partial charge in [0, 0.05) is 12.3 Å². The summed E-state index contributed by atoms with van der Waals surface area (Å²) in [5.74, 6) is 0.385. The van der Waals surface area contributed by atoms with E-state index in [9.17, 15) is 4.79 Å². The molecule has 0 atom stereocenters. The second-order valence-corrected chi connectivity index (χ2v) is 4.01. The fraction of sp³-hybridized carbons (Fsp3) is 0.0909. The Kier molecular flexibility index (Phi) is 3.77. The monoisotopic (exact) mass is 295 g/mol. The minimum absolute atomic E-state index is 0.336. The third-order valence-electron chi connectivity index (χ3n) is 1.97. The number of carbonyl (C=O) groups excluding carboxylic acids is 1. The van der Waals surface area contributed by atoms with Gasteiger partial charge >= 0.3 is 6.03 Å². The molecule has 0 saturated heterocycles. The van der Waals surface area contributed by atoms with Gasteiger partial charge in [0.05, 0.1) is 12.2 Å². The highest BCUT2D eigenvalue weighted by Gasteiger charge is 2.04. The lowest BCUT2D eigenvalue weighted by atomic mass is 10.3. The van der Waals surface area contributed by atoms with Gasteiger partial charge in [0.2, 0.25) is 5.88 Å². The molecule has 2 heterocycles. The number of urea groups is 1. The standard InChI is InChI=1S/C11H10BrN3O2/c12-9-4-5-10(17-9)15-11(16)14-7-8-3-1-2-6-13-8/h1-6H,7H2,(H2,14,15,16). The first-order chi connectivity index (χ1) is 8.24. The van der Waals surface area contributed by atoms with E-state index in [1.165, 1.54) is 0 Å². The van der Waals surface area contributed by atoms with Crippen molar-refractivity contribution in [2.45, 2.75) is 6.54 Å². The van der Waals surface area contributed by atoms with E-state index in [4.69, 9.17) is 4.42 Å². The van der Waals surface area contributed by atoms with Crippen LogP contribution in [0.2, 0.25) is 0 Å². The number of pyridine rings is 1. The first-order valence-corrected chi connectivity index (χ1v) is 5.73. The summed E-state index contributed by atoms with van der Waals surface area (Å²) in [6.45, 7) is 0.370. The molecule has 2 N–H and O–H groups in total. The van der Waals surface area contributed by atoms with Crippen LogP contribution in [0.15, 0.2) is 45.6 Å². The second-order valence-electron chi connectivity index (χ2n) is 3.23. The van der Waals surface area contributed by atoms with Crippen LogP contribution in [-0.2, 0) is 6.54 Å². The third-order valence-corrected chi connectivity index (χ3v) is 2.39. The Morgan fingerprint density at radius 2 is 2.24 bits per heavy atom. The van der Waals surface area contributed by atoms with Gasteiger partial charge in [-0.25, -0.2) is 4.79 Å². The lowest BCUT2D eigenvalue weighted by Crippen LogP contribution is -2.28. The van der Waals surface area contributed by atoms with E-state index in [-0.39, 0.29) is 6.03 Å². The molecule has 0 radical (unpaired) electrons. The number of aromatic nitrogens is 1. The van der Waals surface area contributed by atoms with E-state index in [1.807, 2.05) is 18.2 Å². The highest BCUT2D eigenvalue weighted by Crippen LogP contribution is 2.17. The number of hydrogen-bond donors (Lipinski definition) is 2. The molecule has 2 rings (SSSR count). The maximum Gasteiger partial charge on any atom is 0.321 e. The number of furan rings is 1. The summed E-state index contributed by atoms with van der Waals surface area (Å²) in [6.07, 6.45) is 1.68. The smallest absolute Gasteiger partial charge is 0.321 e. The molecule has 0 bridgehead atoms. The summed E-state index contributed by atoms with van der Waals surface area (Å²) in [5.41, 5.74) is 0.795. The zero-order valence-corrected chi connectivity index (χ0v) is 10.4. The van der Waals surface area contributed by atoms with Crippen LogP contribution in [0.3, 0.4) is 0 Å². The summed E-state index contributed by atoms with van der Waals surface area (Å²) in [4.78, 5) is 15.6. The first kappa shape index (κ1) is 11.7. The number of carbonyl (C=O) groups is 1. The van der Waals surface area contributed by atoms with Gasteiger partial charge in [-0.1, -0.05) is 6.07 Å². The average Bonchev–Trinajstić information content (AvgIpc) is 2.73. The molecule has 0 aromatic carbocycles. The van der Waals surface area contributed by atoms with E-state index in [0.29, 0.717) is 17.1 Å². The summed E-state index contributed by atoms with van der Waals surface area (Å²) in [6, 6.07) is 8.55. The van der Waals surface area contributed by atoms with Crippen LogP contribution in [0.1, 0.15) is 5.69 Å². The van der Waals surface area contributed by atoms with Crippen LogP contribution in [0.4, 0.5) is 10.7 Å². The molecule has 0 aliphatic heterocycles. The van der Waals surface area contributed by atoms with Crippen LogP contribution < -0.4 is 10.6 Å². The molecule has 2 aromatic rings. The van der Waals surface area contributed by atoms with Crippen LogP contribution in [0, 0.1) is 0 Å². The number of nitrogens with zero attached hydrogens (tertiary/aromatic N) is 1. The fourth-order valence-corrected chi connectivity index (χ4v) is 1.52. The van der Waals surface area contributed by atoms with E-state index in [1.54, 1.807) is 18.3 Å². The van der Waals surface area contributed by atoms with Crippen molar-refractivity contribution in [3.05, 3.63) is 46.9 Å². The Balaban J connectivity index is 1.82. The van der Waals surface area contributed by atoms with Gasteiger partial charge < -0.3 is 9.73 Å². The molecular formula is C11H10BrN3O2. The Labute approximate surface area is 106 Å². The van der Waals surface area contributed by atoms with Crippen molar-refractivity contribution < 1.29 is 9.21 Å². The van der Waals surface area contributed by atoms with Crippen molar-refractivity contribution in [2.24, 2.45) is 0 Å². The van der Waals surface area contributed by atoms with Gasteiger partial charge in [-0.2, -0.15) is 0 Å². The molecule has 2 aromatic heterocycles. The zero-order chi connectivity index (χ0) is 12.1. The van der Waals surface area contributed by atoms with Crippen molar-refractivity contribution >= 4 is 27.8 Å². The first-order valence-electron chi connectivity index (χ1n) is 4.94. The topological polar surface area (TPSA) is 67.2 Å². The summed E-state index contributed by atoms with van der Waals surface area (Å²) in [5, 5.41) is 5.23. The minimum atomic E-state index is -0.336. The second kappa shape index (κ2) is 5.49. The van der Waals surface area contributed by atoms with Gasteiger partial charge in [-0.15, -0.1) is 0 Å². The van der Waals surface area contributed by atoms with Crippen molar-refractivity contribution in [2.75, 3.05) is 5.32 Å². The van der Waals surface area contributed by atoms with Crippen molar-refractivity contribution in [3.63, 3.8) is 0 Å². The molecule has 2 amide bonds. The molecule has 0 unspecified atom stereocenters. The lowest BCUT2D eigenvalue weighted by Gasteiger charge is -2.04. The Morgan fingerprint density at radius 3 is 2.88 bits per heavy atom. The molecule has 0 aliphatic carbocycles. The normalized spacial score (nSPS) is 9.94. The number of nitrogens with one attached hydrogen (secondary N) is 2. The molecular weight excluding hydrogens is 286 g/mol. The van der Waals surface area contributed by atoms with Gasteiger partial charge in [0.15, 0.2) is 4.67 Å². The SMILES string of the molecule is O=C(NCc1ccccn1)Nc1ccc(Br)o1. The van der Waals surface area contributed by atoms with E-state index >= 15 is 0 Å². The molecule has 0 aliphatic rings. The van der Waals surface area contributed by atoms with Crippen LogP contribution >= 0.6 is 15.9 Å². The van der Waals surface area contributed by atoms with Gasteiger partial charge in [-0.3, -0.25) is 10.3 Å². The molecule has 0 spiro atoms. The molecule has 0 fully saturated rings. The molecule has 0 saturated carbocycles. The quantitative estimate of drug-likeness (QED) is 0.915. The third kappa shape index (κ3) is 3.60. The molecule has 17 heavy (non-hydrogen) atoms. The zero-order valence-electron chi connectivity index (χ0n) is 8.81. The number of anilines is 1. The Bertz CT molecular complexity index is 498.